The molecule has 2 N–H and O–H groups in total. The zero-order chi connectivity index (χ0) is 9.28. The van der Waals surface area contributed by atoms with Gasteiger partial charge in [-0.1, -0.05) is 6.92 Å². The lowest BCUT2D eigenvalue weighted by Gasteiger charge is -2.23. The van der Waals surface area contributed by atoms with Crippen molar-refractivity contribution in [2.45, 2.75) is 44.2 Å². The Morgan fingerprint density at radius 3 is 1.82 bits per heavy atom. The molecular formula is C7H17NO2S. The normalized spacial score (nSPS) is 16.5. The van der Waals surface area contributed by atoms with Gasteiger partial charge in [-0.15, -0.1) is 0 Å². The Morgan fingerprint density at radius 1 is 1.36 bits per heavy atom. The molecule has 0 bridgehead atoms. The summed E-state index contributed by atoms with van der Waals surface area (Å²) in [5.74, 6) is 0. The maximum Gasteiger partial charge on any atom is 0.170 e. The molecule has 1 atom stereocenters. The highest BCUT2D eigenvalue weighted by molar-refractivity contribution is 7.93. The van der Waals surface area contributed by atoms with Crippen LogP contribution in [0.4, 0.5) is 0 Å². The SMILES string of the molecule is CCC(N)S(=O)(=O)C(C)(C)C. The van der Waals surface area contributed by atoms with E-state index in [9.17, 15) is 8.42 Å². The van der Waals surface area contributed by atoms with Crippen molar-refractivity contribution in [3.05, 3.63) is 0 Å². The molecule has 0 saturated carbocycles. The number of sulfone groups is 1. The van der Waals surface area contributed by atoms with E-state index in [1.54, 1.807) is 27.7 Å². The molecule has 0 heterocycles. The highest BCUT2D eigenvalue weighted by Gasteiger charge is 2.33. The number of rotatable bonds is 2. The average Bonchev–Trinajstić information content (AvgIpc) is 1.83. The van der Waals surface area contributed by atoms with Crippen molar-refractivity contribution >= 4 is 9.84 Å². The van der Waals surface area contributed by atoms with Crippen LogP contribution in [-0.2, 0) is 9.84 Å². The second kappa shape index (κ2) is 3.11. The van der Waals surface area contributed by atoms with Crippen molar-refractivity contribution in [2.75, 3.05) is 0 Å². The lowest BCUT2D eigenvalue weighted by atomic mass is 10.3. The van der Waals surface area contributed by atoms with E-state index in [4.69, 9.17) is 5.73 Å². The molecule has 3 nitrogen and oxygen atoms in total. The molecule has 0 aliphatic carbocycles. The molecule has 0 saturated heterocycles. The van der Waals surface area contributed by atoms with Gasteiger partial charge in [0.25, 0.3) is 0 Å². The summed E-state index contributed by atoms with van der Waals surface area (Å²) in [5, 5.41) is -0.720. The molecular weight excluding hydrogens is 162 g/mol. The second-order valence-corrected chi connectivity index (χ2v) is 6.52. The van der Waals surface area contributed by atoms with Gasteiger partial charge < -0.3 is 5.73 Å². The van der Waals surface area contributed by atoms with E-state index in [1.165, 1.54) is 0 Å². The van der Waals surface area contributed by atoms with Crippen LogP contribution in [0.25, 0.3) is 0 Å². The maximum atomic E-state index is 11.5. The largest absolute Gasteiger partial charge is 0.315 e. The topological polar surface area (TPSA) is 60.2 Å². The van der Waals surface area contributed by atoms with Gasteiger partial charge in [-0.2, -0.15) is 0 Å². The summed E-state index contributed by atoms with van der Waals surface area (Å²) in [6.07, 6.45) is 0.472. The molecule has 0 spiro atoms. The van der Waals surface area contributed by atoms with E-state index >= 15 is 0 Å². The minimum atomic E-state index is -3.15. The lowest BCUT2D eigenvalue weighted by molar-refractivity contribution is 0.542. The first-order valence-corrected chi connectivity index (χ1v) is 5.27. The Labute approximate surface area is 68.9 Å². The summed E-state index contributed by atoms with van der Waals surface area (Å²) in [4.78, 5) is 0. The molecule has 11 heavy (non-hydrogen) atoms. The van der Waals surface area contributed by atoms with Crippen LogP contribution in [0.15, 0.2) is 0 Å². The lowest BCUT2D eigenvalue weighted by Crippen LogP contribution is -2.41. The van der Waals surface area contributed by atoms with Crippen LogP contribution in [0.3, 0.4) is 0 Å². The summed E-state index contributed by atoms with van der Waals surface area (Å²) in [6.45, 7) is 6.77. The van der Waals surface area contributed by atoms with Gasteiger partial charge in [0.05, 0.1) is 4.75 Å². The van der Waals surface area contributed by atoms with Crippen LogP contribution in [0.2, 0.25) is 0 Å². The fraction of sp³-hybridized carbons (Fsp3) is 1.00. The van der Waals surface area contributed by atoms with Gasteiger partial charge in [0.1, 0.15) is 5.37 Å². The first-order chi connectivity index (χ1) is 4.73. The zero-order valence-electron chi connectivity index (χ0n) is 7.59. The van der Waals surface area contributed by atoms with Gasteiger partial charge in [0, 0.05) is 0 Å². The molecule has 0 amide bonds. The molecule has 0 rings (SSSR count). The van der Waals surface area contributed by atoms with E-state index < -0.39 is 20.0 Å². The van der Waals surface area contributed by atoms with Crippen LogP contribution >= 0.6 is 0 Å². The molecule has 4 heteroatoms. The Morgan fingerprint density at radius 2 is 1.73 bits per heavy atom. The summed E-state index contributed by atoms with van der Waals surface area (Å²) in [6, 6.07) is 0. The standard InChI is InChI=1S/C7H17NO2S/c1-5-6(8)11(9,10)7(2,3)4/h6H,5,8H2,1-4H3. The van der Waals surface area contributed by atoms with Crippen molar-refractivity contribution in [1.29, 1.82) is 0 Å². The smallest absolute Gasteiger partial charge is 0.170 e. The molecule has 0 aliphatic heterocycles. The molecule has 0 aromatic rings. The number of hydrogen-bond donors (Lipinski definition) is 1. The zero-order valence-corrected chi connectivity index (χ0v) is 8.40. The van der Waals surface area contributed by atoms with Crippen molar-refractivity contribution in [1.82, 2.24) is 0 Å². The Bertz CT molecular complexity index is 213. The minimum Gasteiger partial charge on any atom is -0.315 e. The van der Waals surface area contributed by atoms with Crippen molar-refractivity contribution < 1.29 is 8.42 Å². The third kappa shape index (κ3) is 2.17. The molecule has 0 aliphatic rings. The summed E-state index contributed by atoms with van der Waals surface area (Å²) < 4.78 is 22.2. The van der Waals surface area contributed by atoms with E-state index in [2.05, 4.69) is 0 Å². The van der Waals surface area contributed by atoms with Gasteiger partial charge in [-0.3, -0.25) is 0 Å². The molecule has 0 radical (unpaired) electrons. The molecule has 1 unspecified atom stereocenters. The molecule has 0 fully saturated rings. The second-order valence-electron chi connectivity index (χ2n) is 3.60. The third-order valence-electron chi connectivity index (χ3n) is 1.65. The fourth-order valence-corrected chi connectivity index (χ4v) is 2.02. The highest BCUT2D eigenvalue weighted by atomic mass is 32.2. The molecule has 0 aromatic carbocycles. The monoisotopic (exact) mass is 179 g/mol. The van der Waals surface area contributed by atoms with Gasteiger partial charge in [-0.25, -0.2) is 8.42 Å². The predicted octanol–water partition coefficient (Wildman–Crippen LogP) is 0.895. The first kappa shape index (κ1) is 10.9. The Balaban J connectivity index is 4.77. The van der Waals surface area contributed by atoms with Crippen LogP contribution in [0.5, 0.6) is 0 Å². The van der Waals surface area contributed by atoms with Crippen molar-refractivity contribution in [2.24, 2.45) is 5.73 Å². The first-order valence-electron chi connectivity index (χ1n) is 3.72. The quantitative estimate of drug-likeness (QED) is 0.685. The minimum absolute atomic E-state index is 0.472. The van der Waals surface area contributed by atoms with E-state index in [1.807, 2.05) is 0 Å². The highest BCUT2D eigenvalue weighted by Crippen LogP contribution is 2.19. The van der Waals surface area contributed by atoms with Crippen LogP contribution < -0.4 is 5.73 Å². The Hall–Kier alpha value is -0.0900. The van der Waals surface area contributed by atoms with Crippen LogP contribution in [0.1, 0.15) is 34.1 Å². The van der Waals surface area contributed by atoms with Crippen molar-refractivity contribution in [3.63, 3.8) is 0 Å². The summed E-state index contributed by atoms with van der Waals surface area (Å²) in [5.41, 5.74) is 5.45. The Kier molecular flexibility index (Phi) is 3.08. The summed E-state index contributed by atoms with van der Waals surface area (Å²) >= 11 is 0. The fourth-order valence-electron chi connectivity index (χ4n) is 0.674. The van der Waals surface area contributed by atoms with E-state index in [0.717, 1.165) is 0 Å². The van der Waals surface area contributed by atoms with Gasteiger partial charge in [0.2, 0.25) is 0 Å². The van der Waals surface area contributed by atoms with Gasteiger partial charge >= 0.3 is 0 Å². The van der Waals surface area contributed by atoms with Gasteiger partial charge in [0.15, 0.2) is 9.84 Å². The van der Waals surface area contributed by atoms with E-state index in [0.29, 0.717) is 6.42 Å². The van der Waals surface area contributed by atoms with Crippen LogP contribution in [0, 0.1) is 0 Å². The summed E-state index contributed by atoms with van der Waals surface area (Å²) in [7, 11) is -3.15. The average molecular weight is 179 g/mol. The molecule has 0 aromatic heterocycles. The maximum absolute atomic E-state index is 11.5. The number of hydrogen-bond acceptors (Lipinski definition) is 3. The van der Waals surface area contributed by atoms with E-state index in [-0.39, 0.29) is 0 Å². The van der Waals surface area contributed by atoms with Crippen LogP contribution in [-0.4, -0.2) is 18.5 Å². The van der Waals surface area contributed by atoms with Crippen molar-refractivity contribution in [3.8, 4) is 0 Å². The third-order valence-corrected chi connectivity index (χ3v) is 4.49. The predicted molar refractivity (Wildman–Crippen MR) is 46.9 cm³/mol. The number of nitrogens with two attached hydrogens (primary N) is 1. The molecule has 68 valence electrons. The van der Waals surface area contributed by atoms with Gasteiger partial charge in [-0.05, 0) is 27.2 Å².